The second-order valence-electron chi connectivity index (χ2n) is 4.63. The Morgan fingerprint density at radius 3 is 2.70 bits per heavy atom. The van der Waals surface area contributed by atoms with E-state index in [1.165, 1.54) is 15.7 Å². The Hall–Kier alpha value is -1.37. The van der Waals surface area contributed by atoms with Crippen molar-refractivity contribution in [3.63, 3.8) is 0 Å². The molecule has 0 spiro atoms. The summed E-state index contributed by atoms with van der Waals surface area (Å²) < 4.78 is 20.5. The fourth-order valence-corrected chi connectivity index (χ4v) is 4.90. The zero-order chi connectivity index (χ0) is 13.9. The van der Waals surface area contributed by atoms with E-state index in [2.05, 4.69) is 0 Å². The summed E-state index contributed by atoms with van der Waals surface area (Å²) in [5, 5.41) is 0. The Balaban J connectivity index is 1.68. The molecule has 0 aliphatic carbocycles. The van der Waals surface area contributed by atoms with Crippen LogP contribution in [0.3, 0.4) is 0 Å². The first kappa shape index (κ1) is 13.6. The average molecular weight is 384 g/mol. The van der Waals surface area contributed by atoms with Gasteiger partial charge in [-0.05, 0) is 0 Å². The van der Waals surface area contributed by atoms with Crippen molar-refractivity contribution in [2.75, 3.05) is 6.61 Å². The van der Waals surface area contributed by atoms with Gasteiger partial charge in [0.1, 0.15) is 0 Å². The Bertz CT molecular complexity index is 625. The number of para-hydroxylation sites is 1. The second-order valence-corrected chi connectivity index (χ2v) is 7.75. The monoisotopic (exact) mass is 386 g/mol. The molecule has 0 fully saturated rings. The molecule has 4 heteroatoms. The fourth-order valence-electron chi connectivity index (χ4n) is 2.13. The molecule has 2 nitrogen and oxygen atoms in total. The molecule has 1 unspecified atom stereocenters. The van der Waals surface area contributed by atoms with Gasteiger partial charge in [-0.2, -0.15) is 0 Å². The van der Waals surface area contributed by atoms with E-state index in [1.807, 2.05) is 36.4 Å². The van der Waals surface area contributed by atoms with Gasteiger partial charge in [0.25, 0.3) is 0 Å². The van der Waals surface area contributed by atoms with E-state index >= 15 is 0 Å². The third-order valence-electron chi connectivity index (χ3n) is 3.23. The Kier molecular flexibility index (Phi) is 4.05. The molecule has 0 aromatic heterocycles. The van der Waals surface area contributed by atoms with Crippen LogP contribution in [0.15, 0.2) is 48.5 Å². The molecule has 0 saturated carbocycles. The van der Waals surface area contributed by atoms with E-state index in [-0.39, 0.29) is 17.5 Å². The summed E-state index contributed by atoms with van der Waals surface area (Å²) in [6.07, 6.45) is 0. The summed E-state index contributed by atoms with van der Waals surface area (Å²) in [4.78, 5) is 12.4. The van der Waals surface area contributed by atoms with Crippen molar-refractivity contribution in [3.8, 4) is 5.75 Å². The van der Waals surface area contributed by atoms with Crippen LogP contribution in [0.4, 0.5) is 4.39 Å². The molecule has 0 saturated heterocycles. The van der Waals surface area contributed by atoms with Crippen LogP contribution in [0.5, 0.6) is 5.75 Å². The van der Waals surface area contributed by atoms with Gasteiger partial charge >= 0.3 is 127 Å². The minimum atomic E-state index is -0.487. The van der Waals surface area contributed by atoms with Gasteiger partial charge in [0, 0.05) is 0 Å². The number of hydrogen-bond donors (Lipinski definition) is 0. The van der Waals surface area contributed by atoms with Gasteiger partial charge in [0.15, 0.2) is 0 Å². The molecule has 20 heavy (non-hydrogen) atoms. The molecule has 1 atom stereocenters. The van der Waals surface area contributed by atoms with Crippen molar-refractivity contribution >= 4 is 30.3 Å². The number of Topliss-reactive ketones (excluding diaryl/α,β-unsaturated/α-hetero) is 1. The van der Waals surface area contributed by atoms with Crippen LogP contribution in [0.2, 0.25) is 4.47 Å². The van der Waals surface area contributed by atoms with E-state index in [1.54, 1.807) is 0 Å². The van der Waals surface area contributed by atoms with E-state index in [0.717, 1.165) is 4.47 Å². The van der Waals surface area contributed by atoms with Gasteiger partial charge in [-0.25, -0.2) is 0 Å². The molecule has 0 bridgehead atoms. The third kappa shape index (κ3) is 2.87. The van der Waals surface area contributed by atoms with Gasteiger partial charge < -0.3 is 0 Å². The second kappa shape index (κ2) is 5.95. The van der Waals surface area contributed by atoms with Crippen LogP contribution >= 0.6 is 0 Å². The first-order chi connectivity index (χ1) is 9.74. The molecule has 0 radical (unpaired) electrons. The van der Waals surface area contributed by atoms with Gasteiger partial charge in [0.2, 0.25) is 0 Å². The first-order valence-electron chi connectivity index (χ1n) is 6.38. The number of rotatable bonds is 3. The van der Waals surface area contributed by atoms with E-state index in [4.69, 9.17) is 4.74 Å². The summed E-state index contributed by atoms with van der Waals surface area (Å²) >= 11 is -0.487. The molecule has 2 aromatic carbocycles. The topological polar surface area (TPSA) is 26.3 Å². The quantitative estimate of drug-likeness (QED) is 0.761. The van der Waals surface area contributed by atoms with Gasteiger partial charge in [0.05, 0.1) is 0 Å². The summed E-state index contributed by atoms with van der Waals surface area (Å²) in [5.74, 6) is 0.597. The third-order valence-corrected chi connectivity index (χ3v) is 6.58. The van der Waals surface area contributed by atoms with Crippen molar-refractivity contribution in [2.24, 2.45) is 5.92 Å². The predicted molar refractivity (Wildman–Crippen MR) is 76.4 cm³/mol. The number of hydrogen-bond acceptors (Lipinski definition) is 2. The van der Waals surface area contributed by atoms with E-state index in [0.29, 0.717) is 17.9 Å². The first-order valence-corrected chi connectivity index (χ1v) is 9.20. The summed E-state index contributed by atoms with van der Waals surface area (Å²) in [5.41, 5.74) is 0.690. The molecule has 102 valence electrons. The Labute approximate surface area is 127 Å². The molecule has 1 aliphatic rings. The van der Waals surface area contributed by atoms with Gasteiger partial charge in [-0.15, -0.1) is 0 Å². The Morgan fingerprint density at radius 1 is 1.15 bits per heavy atom. The van der Waals surface area contributed by atoms with Crippen LogP contribution in [-0.2, 0) is 0 Å². The molecule has 0 amide bonds. The maximum atomic E-state index is 12.8. The number of benzene rings is 2. The summed E-state index contributed by atoms with van der Waals surface area (Å²) in [6.45, 7) is 0.460. The Morgan fingerprint density at radius 2 is 1.90 bits per heavy atom. The standard InChI is InChI=1S/C16H13FO2Te/c17-12-5-7-13(8-6-12)20-10-11-9-19-15-4-2-1-3-14(15)16(11)18/h1-8,11H,9-10H2. The van der Waals surface area contributed by atoms with Crippen molar-refractivity contribution in [3.05, 3.63) is 59.9 Å². The van der Waals surface area contributed by atoms with Crippen LogP contribution in [0, 0.1) is 11.7 Å². The van der Waals surface area contributed by atoms with Crippen molar-refractivity contribution in [1.29, 1.82) is 0 Å². The molecular formula is C16H13FO2Te. The molecule has 3 rings (SSSR count). The van der Waals surface area contributed by atoms with Gasteiger partial charge in [-0.1, -0.05) is 0 Å². The van der Waals surface area contributed by atoms with Crippen LogP contribution < -0.4 is 8.35 Å². The molecular weight excluding hydrogens is 371 g/mol. The molecule has 1 aliphatic heterocycles. The average Bonchev–Trinajstić information content (AvgIpc) is 2.49. The van der Waals surface area contributed by atoms with Crippen molar-refractivity contribution < 1.29 is 13.9 Å². The number of ketones is 1. The number of halogens is 1. The number of fused-ring (bicyclic) bond motifs is 1. The zero-order valence-electron chi connectivity index (χ0n) is 10.7. The molecule has 1 heterocycles. The predicted octanol–water partition coefficient (Wildman–Crippen LogP) is 2.47. The fraction of sp³-hybridized carbons (Fsp3) is 0.188. The maximum absolute atomic E-state index is 12.8. The minimum absolute atomic E-state index is 0.0580. The molecule has 0 N–H and O–H groups in total. The van der Waals surface area contributed by atoms with Crippen molar-refractivity contribution in [2.45, 2.75) is 4.47 Å². The van der Waals surface area contributed by atoms with E-state index in [9.17, 15) is 9.18 Å². The van der Waals surface area contributed by atoms with Crippen LogP contribution in [0.25, 0.3) is 0 Å². The van der Waals surface area contributed by atoms with Crippen LogP contribution in [0.1, 0.15) is 10.4 Å². The van der Waals surface area contributed by atoms with E-state index < -0.39 is 20.9 Å². The summed E-state index contributed by atoms with van der Waals surface area (Å²) in [6, 6.07) is 14.0. The normalized spacial score (nSPS) is 17.4. The van der Waals surface area contributed by atoms with Gasteiger partial charge in [-0.3, -0.25) is 0 Å². The SMILES string of the molecule is O=C1c2ccccc2OCC1C[Te]c1ccc(F)cc1. The number of ether oxygens (including phenoxy) is 1. The summed E-state index contributed by atoms with van der Waals surface area (Å²) in [7, 11) is 0. The van der Waals surface area contributed by atoms with Crippen molar-refractivity contribution in [1.82, 2.24) is 0 Å². The zero-order valence-corrected chi connectivity index (χ0v) is 13.0. The number of carbonyl (C=O) groups excluding carboxylic acids is 1. The number of carbonyl (C=O) groups is 1. The van der Waals surface area contributed by atoms with Crippen LogP contribution in [-0.4, -0.2) is 33.3 Å². The molecule has 2 aromatic rings.